The third-order valence-electron chi connectivity index (χ3n) is 3.77. The van der Waals surface area contributed by atoms with Gasteiger partial charge in [-0.2, -0.15) is 0 Å². The maximum atomic E-state index is 12.0. The van der Waals surface area contributed by atoms with E-state index in [4.69, 9.17) is 4.74 Å². The molecule has 0 amide bonds. The Hall–Kier alpha value is -3.66. The number of ether oxygens (including phenoxy) is 1. The molecule has 128 valence electrons. The Kier molecular flexibility index (Phi) is 5.25. The van der Waals surface area contributed by atoms with Crippen molar-refractivity contribution in [3.63, 3.8) is 0 Å². The van der Waals surface area contributed by atoms with Gasteiger partial charge in [0, 0.05) is 6.08 Å². The van der Waals surface area contributed by atoms with Gasteiger partial charge in [0.1, 0.15) is 5.75 Å². The minimum absolute atomic E-state index is 0.209. The van der Waals surface area contributed by atoms with E-state index < -0.39 is 11.9 Å². The van der Waals surface area contributed by atoms with Crippen molar-refractivity contribution in [3.05, 3.63) is 96.1 Å². The highest BCUT2D eigenvalue weighted by molar-refractivity contribution is 5.98. The molecule has 3 aromatic rings. The van der Waals surface area contributed by atoms with Gasteiger partial charge in [-0.05, 0) is 41.0 Å². The van der Waals surface area contributed by atoms with E-state index >= 15 is 0 Å². The Morgan fingerprint density at radius 2 is 1.38 bits per heavy atom. The fraction of sp³-hybridized carbons (Fsp3) is 0. The van der Waals surface area contributed by atoms with Crippen LogP contribution < -0.4 is 4.74 Å². The lowest BCUT2D eigenvalue weighted by Gasteiger charge is -2.09. The fourth-order valence-electron chi connectivity index (χ4n) is 2.59. The van der Waals surface area contributed by atoms with Crippen LogP contribution in [0.4, 0.5) is 0 Å². The van der Waals surface area contributed by atoms with Crippen LogP contribution >= 0.6 is 0 Å². The van der Waals surface area contributed by atoms with Gasteiger partial charge in [-0.15, -0.1) is 0 Å². The number of carbonyl (C=O) groups is 2. The first kappa shape index (κ1) is 17.2. The molecule has 0 aliphatic heterocycles. The second-order valence-electron chi connectivity index (χ2n) is 5.51. The quantitative estimate of drug-likeness (QED) is 0.415. The van der Waals surface area contributed by atoms with Crippen LogP contribution in [-0.2, 0) is 4.79 Å². The molecule has 0 saturated heterocycles. The molecule has 0 bridgehead atoms. The van der Waals surface area contributed by atoms with Gasteiger partial charge in [0.2, 0.25) is 0 Å². The summed E-state index contributed by atoms with van der Waals surface area (Å²) in [5.74, 6) is -1.04. The molecule has 4 heteroatoms. The normalized spacial score (nSPS) is 10.6. The number of carboxylic acid groups (broad SMARTS) is 1. The lowest BCUT2D eigenvalue weighted by Crippen LogP contribution is -2.03. The lowest BCUT2D eigenvalue weighted by molar-refractivity contribution is -0.128. The van der Waals surface area contributed by atoms with Crippen LogP contribution in [-0.4, -0.2) is 17.0 Å². The highest BCUT2D eigenvalue weighted by Crippen LogP contribution is 2.28. The first-order chi connectivity index (χ1) is 12.6. The lowest BCUT2D eigenvalue weighted by atomic mass is 9.95. The largest absolute Gasteiger partial charge is 0.478 e. The minimum atomic E-state index is -0.997. The number of esters is 1. The first-order valence-electron chi connectivity index (χ1n) is 8.02. The number of para-hydroxylation sites is 1. The number of carboxylic acids is 1. The van der Waals surface area contributed by atoms with Crippen molar-refractivity contribution < 1.29 is 19.4 Å². The van der Waals surface area contributed by atoms with Gasteiger partial charge < -0.3 is 9.84 Å². The van der Waals surface area contributed by atoms with Gasteiger partial charge in [0.25, 0.3) is 0 Å². The topological polar surface area (TPSA) is 63.6 Å². The van der Waals surface area contributed by atoms with Gasteiger partial charge in [-0.1, -0.05) is 60.7 Å². The minimum Gasteiger partial charge on any atom is -0.478 e. The molecule has 4 nitrogen and oxygen atoms in total. The Labute approximate surface area is 151 Å². The smallest absolute Gasteiger partial charge is 0.336 e. The molecule has 0 spiro atoms. The van der Waals surface area contributed by atoms with E-state index in [1.807, 2.05) is 30.3 Å². The van der Waals surface area contributed by atoms with E-state index in [1.54, 1.807) is 54.6 Å². The average molecular weight is 344 g/mol. The first-order valence-corrected chi connectivity index (χ1v) is 8.02. The highest BCUT2D eigenvalue weighted by Gasteiger charge is 2.12. The molecule has 0 saturated carbocycles. The van der Waals surface area contributed by atoms with Crippen LogP contribution in [0.25, 0.3) is 17.2 Å². The summed E-state index contributed by atoms with van der Waals surface area (Å²) in [5.41, 5.74) is 2.26. The molecular weight excluding hydrogens is 328 g/mol. The number of rotatable bonds is 5. The second-order valence-corrected chi connectivity index (χ2v) is 5.51. The van der Waals surface area contributed by atoms with Crippen LogP contribution in [0, 0.1) is 0 Å². The third kappa shape index (κ3) is 4.05. The second kappa shape index (κ2) is 7.94. The molecule has 0 atom stereocenters. The van der Waals surface area contributed by atoms with Crippen LogP contribution in [0.2, 0.25) is 0 Å². The monoisotopic (exact) mass is 344 g/mol. The Balaban J connectivity index is 1.89. The molecule has 1 N–H and O–H groups in total. The molecule has 26 heavy (non-hydrogen) atoms. The summed E-state index contributed by atoms with van der Waals surface area (Å²) < 4.78 is 5.22. The van der Waals surface area contributed by atoms with Crippen molar-refractivity contribution >= 4 is 18.0 Å². The van der Waals surface area contributed by atoms with Crippen molar-refractivity contribution in [1.29, 1.82) is 0 Å². The van der Waals surface area contributed by atoms with Gasteiger partial charge in [0.15, 0.2) is 0 Å². The number of hydrogen-bond acceptors (Lipinski definition) is 3. The van der Waals surface area contributed by atoms with Gasteiger partial charge >= 0.3 is 11.9 Å². The predicted octanol–water partition coefficient (Wildman–Crippen LogP) is 4.67. The number of carbonyl (C=O) groups excluding carboxylic acids is 1. The third-order valence-corrected chi connectivity index (χ3v) is 3.77. The van der Waals surface area contributed by atoms with E-state index in [0.29, 0.717) is 11.3 Å². The Morgan fingerprint density at radius 1 is 0.769 bits per heavy atom. The summed E-state index contributed by atoms with van der Waals surface area (Å²) in [6, 6.07) is 22.9. The number of aromatic carboxylic acids is 1. The van der Waals surface area contributed by atoms with E-state index in [0.717, 1.165) is 11.1 Å². The Morgan fingerprint density at radius 3 is 2.12 bits per heavy atom. The van der Waals surface area contributed by atoms with Crippen LogP contribution in [0.5, 0.6) is 5.75 Å². The molecule has 3 aromatic carbocycles. The van der Waals surface area contributed by atoms with Crippen molar-refractivity contribution in [2.75, 3.05) is 0 Å². The van der Waals surface area contributed by atoms with E-state index in [9.17, 15) is 14.7 Å². The van der Waals surface area contributed by atoms with E-state index in [2.05, 4.69) is 0 Å². The zero-order chi connectivity index (χ0) is 18.4. The van der Waals surface area contributed by atoms with E-state index in [1.165, 1.54) is 6.08 Å². The van der Waals surface area contributed by atoms with Gasteiger partial charge in [-0.25, -0.2) is 9.59 Å². The summed E-state index contributed by atoms with van der Waals surface area (Å²) in [7, 11) is 0. The molecule has 0 aromatic heterocycles. The maximum absolute atomic E-state index is 12.0. The molecule has 0 aliphatic rings. The van der Waals surface area contributed by atoms with Crippen LogP contribution in [0.1, 0.15) is 15.9 Å². The summed E-state index contributed by atoms with van der Waals surface area (Å²) in [4.78, 5) is 23.5. The van der Waals surface area contributed by atoms with Gasteiger partial charge in [0.05, 0.1) is 5.56 Å². The zero-order valence-corrected chi connectivity index (χ0v) is 13.8. The van der Waals surface area contributed by atoms with Gasteiger partial charge in [-0.3, -0.25) is 0 Å². The Bertz CT molecular complexity index is 959. The van der Waals surface area contributed by atoms with Crippen molar-refractivity contribution in [3.8, 4) is 16.9 Å². The van der Waals surface area contributed by atoms with Crippen molar-refractivity contribution in [2.24, 2.45) is 0 Å². The summed E-state index contributed by atoms with van der Waals surface area (Å²) >= 11 is 0. The molecule has 0 unspecified atom stereocenters. The molecule has 3 rings (SSSR count). The average Bonchev–Trinajstić information content (AvgIpc) is 2.67. The van der Waals surface area contributed by atoms with Crippen LogP contribution in [0.15, 0.2) is 84.9 Å². The van der Waals surface area contributed by atoms with Crippen molar-refractivity contribution in [1.82, 2.24) is 0 Å². The highest BCUT2D eigenvalue weighted by atomic mass is 16.5. The number of hydrogen-bond donors (Lipinski definition) is 1. The summed E-state index contributed by atoms with van der Waals surface area (Å²) in [6.07, 6.45) is 2.95. The standard InChI is InChI=1S/C22H16O4/c23-21(26-17-9-2-1-3-10-17)15-14-16-8-4-5-11-18(16)19-12-6-7-13-20(19)22(24)25/h1-15H,(H,24,25). The predicted molar refractivity (Wildman–Crippen MR) is 99.9 cm³/mol. The molecule has 0 fully saturated rings. The maximum Gasteiger partial charge on any atom is 0.336 e. The molecule has 0 heterocycles. The van der Waals surface area contributed by atoms with Crippen molar-refractivity contribution in [2.45, 2.75) is 0 Å². The zero-order valence-electron chi connectivity index (χ0n) is 13.8. The molecule has 0 radical (unpaired) electrons. The SMILES string of the molecule is O=C(C=Cc1ccccc1-c1ccccc1C(=O)O)Oc1ccccc1. The summed E-state index contributed by atoms with van der Waals surface area (Å²) in [6.45, 7) is 0. The van der Waals surface area contributed by atoms with E-state index in [-0.39, 0.29) is 5.56 Å². The number of benzene rings is 3. The molecular formula is C22H16O4. The summed E-state index contributed by atoms with van der Waals surface area (Å²) in [5, 5.41) is 9.41. The van der Waals surface area contributed by atoms with Crippen LogP contribution in [0.3, 0.4) is 0 Å². The molecule has 0 aliphatic carbocycles. The fourth-order valence-corrected chi connectivity index (χ4v) is 2.59.